The highest BCUT2D eigenvalue weighted by atomic mass is 19.4. The molecule has 1 aliphatic carbocycles. The normalized spacial score (nSPS) is 14.6. The lowest BCUT2D eigenvalue weighted by Gasteiger charge is -2.28. The molecule has 5 rings (SSSR count). The highest BCUT2D eigenvalue weighted by molar-refractivity contribution is 5.94. The van der Waals surface area contributed by atoms with Crippen molar-refractivity contribution in [2.45, 2.75) is 50.7 Å². The van der Waals surface area contributed by atoms with Crippen LogP contribution in [0.5, 0.6) is 0 Å². The molecule has 40 heavy (non-hydrogen) atoms. The second-order valence-corrected chi connectivity index (χ2v) is 10.5. The number of aromatic nitrogens is 1. The summed E-state index contributed by atoms with van der Waals surface area (Å²) in [7, 11) is 0. The van der Waals surface area contributed by atoms with Crippen LogP contribution in [0.1, 0.15) is 66.1 Å². The Balaban J connectivity index is 1.40. The predicted molar refractivity (Wildman–Crippen MR) is 148 cm³/mol. The SMILES string of the molecule is O=C(O)CCNC(=O)c1ccc(C(CCC2CCC2)n2ccc3cc(-c4ccc(C(F)(F)F)cc4)ccc32)cc1. The van der Waals surface area contributed by atoms with Gasteiger partial charge in [-0.2, -0.15) is 13.2 Å². The lowest BCUT2D eigenvalue weighted by molar-refractivity contribution is -0.138. The van der Waals surface area contributed by atoms with Gasteiger partial charge in [-0.3, -0.25) is 9.59 Å². The summed E-state index contributed by atoms with van der Waals surface area (Å²) in [5, 5.41) is 12.4. The first-order chi connectivity index (χ1) is 19.2. The number of halogens is 3. The van der Waals surface area contributed by atoms with Gasteiger partial charge < -0.3 is 15.0 Å². The Labute approximate surface area is 230 Å². The lowest BCUT2D eigenvalue weighted by atomic mass is 9.80. The van der Waals surface area contributed by atoms with Gasteiger partial charge in [-0.1, -0.05) is 49.6 Å². The molecule has 1 aliphatic rings. The molecule has 5 nitrogen and oxygen atoms in total. The zero-order valence-electron chi connectivity index (χ0n) is 22.0. The Bertz CT molecular complexity index is 1490. The van der Waals surface area contributed by atoms with Crippen LogP contribution in [-0.2, 0) is 11.0 Å². The summed E-state index contributed by atoms with van der Waals surface area (Å²) in [6, 6.07) is 20.7. The Kier molecular flexibility index (Phi) is 7.96. The molecular formula is C32H31F3N2O3. The van der Waals surface area contributed by atoms with Gasteiger partial charge in [-0.05, 0) is 77.9 Å². The van der Waals surface area contributed by atoms with Crippen LogP contribution in [0.15, 0.2) is 79.0 Å². The number of carboxylic acid groups (broad SMARTS) is 1. The highest BCUT2D eigenvalue weighted by Gasteiger charge is 2.30. The molecule has 1 fully saturated rings. The van der Waals surface area contributed by atoms with Gasteiger partial charge in [0.25, 0.3) is 5.91 Å². The van der Waals surface area contributed by atoms with Crippen LogP contribution in [0.2, 0.25) is 0 Å². The summed E-state index contributed by atoms with van der Waals surface area (Å²) in [5.74, 6) is -0.536. The van der Waals surface area contributed by atoms with E-state index < -0.39 is 17.7 Å². The van der Waals surface area contributed by atoms with E-state index in [1.807, 2.05) is 36.4 Å². The number of hydrogen-bond donors (Lipinski definition) is 2. The van der Waals surface area contributed by atoms with Crippen molar-refractivity contribution in [2.75, 3.05) is 6.54 Å². The average Bonchev–Trinajstić information content (AvgIpc) is 3.32. The van der Waals surface area contributed by atoms with Crippen molar-refractivity contribution in [1.82, 2.24) is 9.88 Å². The zero-order valence-corrected chi connectivity index (χ0v) is 22.0. The molecule has 1 saturated carbocycles. The van der Waals surface area contributed by atoms with Gasteiger partial charge in [0.2, 0.25) is 0 Å². The number of carbonyl (C=O) groups excluding carboxylic acids is 1. The van der Waals surface area contributed by atoms with Gasteiger partial charge in [-0.15, -0.1) is 0 Å². The fourth-order valence-corrected chi connectivity index (χ4v) is 5.35. The van der Waals surface area contributed by atoms with Crippen molar-refractivity contribution in [3.8, 4) is 11.1 Å². The van der Waals surface area contributed by atoms with Crippen molar-refractivity contribution in [3.05, 3.63) is 95.7 Å². The van der Waals surface area contributed by atoms with Gasteiger partial charge in [-0.25, -0.2) is 0 Å². The van der Waals surface area contributed by atoms with Crippen LogP contribution < -0.4 is 5.32 Å². The monoisotopic (exact) mass is 548 g/mol. The minimum Gasteiger partial charge on any atom is -0.481 e. The summed E-state index contributed by atoms with van der Waals surface area (Å²) in [6.45, 7) is 0.0732. The maximum Gasteiger partial charge on any atom is 0.416 e. The van der Waals surface area contributed by atoms with Crippen molar-refractivity contribution in [3.63, 3.8) is 0 Å². The summed E-state index contributed by atoms with van der Waals surface area (Å²) < 4.78 is 41.2. The van der Waals surface area contributed by atoms with Crippen molar-refractivity contribution in [2.24, 2.45) is 5.92 Å². The Hall–Kier alpha value is -4.07. The number of rotatable bonds is 10. The summed E-state index contributed by atoms with van der Waals surface area (Å²) in [4.78, 5) is 23.1. The fourth-order valence-electron chi connectivity index (χ4n) is 5.35. The first-order valence-electron chi connectivity index (χ1n) is 13.6. The fraction of sp³-hybridized carbons (Fsp3) is 0.312. The van der Waals surface area contributed by atoms with Crippen LogP contribution in [-0.4, -0.2) is 28.1 Å². The zero-order chi connectivity index (χ0) is 28.3. The van der Waals surface area contributed by atoms with Crippen LogP contribution >= 0.6 is 0 Å². The third-order valence-corrected chi connectivity index (χ3v) is 7.86. The number of nitrogens with one attached hydrogen (secondary N) is 1. The van der Waals surface area contributed by atoms with E-state index in [1.54, 1.807) is 12.1 Å². The van der Waals surface area contributed by atoms with E-state index in [1.165, 1.54) is 31.4 Å². The first kappa shape index (κ1) is 27.5. The first-order valence-corrected chi connectivity index (χ1v) is 13.6. The van der Waals surface area contributed by atoms with Crippen molar-refractivity contribution in [1.29, 1.82) is 0 Å². The van der Waals surface area contributed by atoms with E-state index in [4.69, 9.17) is 5.11 Å². The number of carboxylic acids is 1. The largest absolute Gasteiger partial charge is 0.481 e. The summed E-state index contributed by atoms with van der Waals surface area (Å²) in [5.41, 5.74) is 3.49. The number of nitrogens with zero attached hydrogens (tertiary/aromatic N) is 1. The molecule has 1 aromatic heterocycles. The molecule has 1 atom stereocenters. The summed E-state index contributed by atoms with van der Waals surface area (Å²) >= 11 is 0. The number of amides is 1. The molecular weight excluding hydrogens is 517 g/mol. The van der Waals surface area contributed by atoms with E-state index in [0.717, 1.165) is 58.5 Å². The molecule has 0 bridgehead atoms. The number of alkyl halides is 3. The molecule has 8 heteroatoms. The molecule has 0 saturated heterocycles. The minimum absolute atomic E-state index is 0.0548. The van der Waals surface area contributed by atoms with Crippen LogP contribution in [0, 0.1) is 5.92 Å². The third-order valence-electron chi connectivity index (χ3n) is 7.86. The molecule has 1 amide bonds. The second kappa shape index (κ2) is 11.6. The number of carbonyl (C=O) groups is 2. The van der Waals surface area contributed by atoms with Gasteiger partial charge >= 0.3 is 12.1 Å². The van der Waals surface area contributed by atoms with Crippen molar-refractivity contribution < 1.29 is 27.9 Å². The standard InChI is InChI=1S/C32H31F3N2O3/c33-32(34,35)27-12-9-22(10-13-27)25-11-15-29-26(20-25)17-19-37(29)28(14-4-21-2-1-3-21)23-5-7-24(8-6-23)31(40)36-18-16-30(38)39/h5-13,15,17,19-21,28H,1-4,14,16,18H2,(H,36,40)(H,38,39). The summed E-state index contributed by atoms with van der Waals surface area (Å²) in [6.07, 6.45) is 3.39. The van der Waals surface area contributed by atoms with E-state index in [9.17, 15) is 22.8 Å². The maximum atomic E-state index is 13.0. The molecule has 208 valence electrons. The second-order valence-electron chi connectivity index (χ2n) is 10.5. The molecule has 0 spiro atoms. The quantitative estimate of drug-likeness (QED) is 0.213. The minimum atomic E-state index is -4.36. The molecule has 0 aliphatic heterocycles. The highest BCUT2D eigenvalue weighted by Crippen LogP contribution is 2.37. The Morgan fingerprint density at radius 1 is 0.950 bits per heavy atom. The molecule has 2 N–H and O–H groups in total. The predicted octanol–water partition coefficient (Wildman–Crippen LogP) is 7.70. The van der Waals surface area contributed by atoms with E-state index in [0.29, 0.717) is 5.56 Å². The van der Waals surface area contributed by atoms with E-state index in [2.05, 4.69) is 16.1 Å². The molecule has 0 radical (unpaired) electrons. The van der Waals surface area contributed by atoms with Gasteiger partial charge in [0.1, 0.15) is 0 Å². The van der Waals surface area contributed by atoms with Crippen LogP contribution in [0.3, 0.4) is 0 Å². The van der Waals surface area contributed by atoms with Crippen LogP contribution in [0.25, 0.3) is 22.0 Å². The topological polar surface area (TPSA) is 71.3 Å². The number of hydrogen-bond acceptors (Lipinski definition) is 2. The molecule has 3 aromatic carbocycles. The number of fused-ring (bicyclic) bond motifs is 1. The Morgan fingerprint density at radius 3 is 2.27 bits per heavy atom. The molecule has 1 unspecified atom stereocenters. The van der Waals surface area contributed by atoms with Crippen LogP contribution in [0.4, 0.5) is 13.2 Å². The maximum absolute atomic E-state index is 13.0. The van der Waals surface area contributed by atoms with E-state index >= 15 is 0 Å². The lowest BCUT2D eigenvalue weighted by Crippen LogP contribution is -2.26. The molecule has 1 heterocycles. The average molecular weight is 549 g/mol. The third kappa shape index (κ3) is 6.22. The van der Waals surface area contributed by atoms with Gasteiger partial charge in [0.15, 0.2) is 0 Å². The number of benzene rings is 3. The smallest absolute Gasteiger partial charge is 0.416 e. The van der Waals surface area contributed by atoms with Gasteiger partial charge in [0, 0.05) is 29.2 Å². The number of aliphatic carboxylic acids is 1. The van der Waals surface area contributed by atoms with E-state index in [-0.39, 0.29) is 24.9 Å². The van der Waals surface area contributed by atoms with Crippen molar-refractivity contribution >= 4 is 22.8 Å². The Morgan fingerprint density at radius 2 is 1.65 bits per heavy atom. The van der Waals surface area contributed by atoms with Gasteiger partial charge in [0.05, 0.1) is 18.0 Å². The molecule has 4 aromatic rings.